The predicted octanol–water partition coefficient (Wildman–Crippen LogP) is 2.27. The molecule has 0 fully saturated rings. The minimum absolute atomic E-state index is 0.153. The highest BCUT2D eigenvalue weighted by molar-refractivity contribution is 5.63. The fourth-order valence-corrected chi connectivity index (χ4v) is 1.51. The highest BCUT2D eigenvalue weighted by Crippen LogP contribution is 2.33. The molecule has 1 aromatic heterocycles. The van der Waals surface area contributed by atoms with Crippen LogP contribution >= 0.6 is 0 Å². The fraction of sp³-hybridized carbons (Fsp3) is 0.182. The van der Waals surface area contributed by atoms with Crippen LogP contribution < -0.4 is 5.73 Å². The number of aromatic nitrogens is 2. The Kier molecular flexibility index (Phi) is 2.89. The summed E-state index contributed by atoms with van der Waals surface area (Å²) in [7, 11) is 0. The van der Waals surface area contributed by atoms with Crippen molar-refractivity contribution < 1.29 is 13.2 Å². The summed E-state index contributed by atoms with van der Waals surface area (Å²) >= 11 is 0. The maximum absolute atomic E-state index is 13.5. The van der Waals surface area contributed by atoms with E-state index in [1.807, 2.05) is 0 Å². The van der Waals surface area contributed by atoms with Crippen LogP contribution in [0.1, 0.15) is 5.56 Å². The molecule has 0 atom stereocenters. The molecule has 0 radical (unpaired) electrons. The molecule has 0 saturated heterocycles. The summed E-state index contributed by atoms with van der Waals surface area (Å²) in [4.78, 5) is 0. The van der Waals surface area contributed by atoms with Gasteiger partial charge in [-0.05, 0) is 24.3 Å². The van der Waals surface area contributed by atoms with Crippen LogP contribution in [0.5, 0.6) is 0 Å². The molecule has 0 saturated carbocycles. The Morgan fingerprint density at radius 1 is 1.24 bits per heavy atom. The van der Waals surface area contributed by atoms with Crippen LogP contribution in [0.2, 0.25) is 0 Å². The normalized spacial score (nSPS) is 11.8. The van der Waals surface area contributed by atoms with E-state index < -0.39 is 18.3 Å². The number of nitrogens with zero attached hydrogens (tertiary/aromatic N) is 1. The number of nitrogens with one attached hydrogen (secondary N) is 1. The predicted molar refractivity (Wildman–Crippen MR) is 56.9 cm³/mol. The lowest BCUT2D eigenvalue weighted by molar-refractivity contribution is 0.00659. The summed E-state index contributed by atoms with van der Waals surface area (Å²) in [6, 6.07) is 5.19. The molecule has 3 nitrogen and oxygen atoms in total. The third kappa shape index (κ3) is 2.16. The fourth-order valence-electron chi connectivity index (χ4n) is 1.51. The third-order valence-electron chi connectivity index (χ3n) is 2.42. The molecule has 90 valence electrons. The zero-order valence-electron chi connectivity index (χ0n) is 8.75. The van der Waals surface area contributed by atoms with Crippen molar-refractivity contribution in [3.63, 3.8) is 0 Å². The quantitative estimate of drug-likeness (QED) is 0.866. The van der Waals surface area contributed by atoms with E-state index in [4.69, 9.17) is 5.73 Å². The van der Waals surface area contributed by atoms with Crippen molar-refractivity contribution in [3.05, 3.63) is 41.8 Å². The number of hydrogen-bond donors (Lipinski definition) is 2. The van der Waals surface area contributed by atoms with Gasteiger partial charge in [0.25, 0.3) is 5.92 Å². The molecule has 0 spiro atoms. The lowest BCUT2D eigenvalue weighted by Gasteiger charge is -2.13. The maximum atomic E-state index is 13.5. The van der Waals surface area contributed by atoms with Gasteiger partial charge in [-0.15, -0.1) is 0 Å². The van der Waals surface area contributed by atoms with Crippen molar-refractivity contribution >= 4 is 0 Å². The molecule has 2 rings (SSSR count). The smallest absolute Gasteiger partial charge is 0.288 e. The Morgan fingerprint density at radius 3 is 2.47 bits per heavy atom. The molecule has 6 heteroatoms. The Labute approximate surface area is 95.5 Å². The van der Waals surface area contributed by atoms with Gasteiger partial charge in [0.2, 0.25) is 0 Å². The number of benzene rings is 1. The standard InChI is InChI=1S/C11H10F3N3/c12-8-3-1-7(2-4-8)10-9(5-16-17-10)11(13,14)6-15/h1-5H,6,15H2,(H,16,17). The first-order chi connectivity index (χ1) is 8.04. The highest BCUT2D eigenvalue weighted by Gasteiger charge is 2.34. The molecular formula is C11H10F3N3. The van der Waals surface area contributed by atoms with E-state index in [2.05, 4.69) is 10.2 Å². The number of rotatable bonds is 3. The minimum atomic E-state index is -3.16. The van der Waals surface area contributed by atoms with Crippen LogP contribution in [-0.2, 0) is 5.92 Å². The van der Waals surface area contributed by atoms with Gasteiger partial charge in [0.1, 0.15) is 5.82 Å². The monoisotopic (exact) mass is 241 g/mol. The average Bonchev–Trinajstić information content (AvgIpc) is 2.80. The van der Waals surface area contributed by atoms with Gasteiger partial charge in [-0.1, -0.05) is 0 Å². The van der Waals surface area contributed by atoms with Gasteiger partial charge in [-0.25, -0.2) is 4.39 Å². The van der Waals surface area contributed by atoms with E-state index in [1.54, 1.807) is 0 Å². The second kappa shape index (κ2) is 4.21. The van der Waals surface area contributed by atoms with E-state index in [9.17, 15) is 13.2 Å². The summed E-state index contributed by atoms with van der Waals surface area (Å²) in [6.07, 6.45) is 1.03. The second-order valence-electron chi connectivity index (χ2n) is 3.57. The molecule has 1 aromatic carbocycles. The lowest BCUT2D eigenvalue weighted by atomic mass is 10.0. The molecular weight excluding hydrogens is 231 g/mol. The van der Waals surface area contributed by atoms with Gasteiger partial charge < -0.3 is 5.73 Å². The lowest BCUT2D eigenvalue weighted by Crippen LogP contribution is -2.25. The Balaban J connectivity index is 2.47. The van der Waals surface area contributed by atoms with Crippen LogP contribution in [0.25, 0.3) is 11.3 Å². The first kappa shape index (κ1) is 11.7. The van der Waals surface area contributed by atoms with Crippen molar-refractivity contribution in [2.24, 2.45) is 5.73 Å². The van der Waals surface area contributed by atoms with Gasteiger partial charge in [-0.2, -0.15) is 13.9 Å². The highest BCUT2D eigenvalue weighted by atomic mass is 19.3. The Bertz CT molecular complexity index is 505. The molecule has 17 heavy (non-hydrogen) atoms. The van der Waals surface area contributed by atoms with E-state index in [-0.39, 0.29) is 11.3 Å². The Hall–Kier alpha value is -1.82. The molecule has 0 bridgehead atoms. The van der Waals surface area contributed by atoms with E-state index in [0.29, 0.717) is 5.56 Å². The summed E-state index contributed by atoms with van der Waals surface area (Å²) in [5.41, 5.74) is 5.32. The van der Waals surface area contributed by atoms with Gasteiger partial charge in [0.15, 0.2) is 0 Å². The second-order valence-corrected chi connectivity index (χ2v) is 3.57. The van der Waals surface area contributed by atoms with Crippen LogP contribution in [0.4, 0.5) is 13.2 Å². The number of hydrogen-bond acceptors (Lipinski definition) is 2. The van der Waals surface area contributed by atoms with Crippen molar-refractivity contribution in [2.45, 2.75) is 5.92 Å². The SMILES string of the molecule is NCC(F)(F)c1cn[nH]c1-c1ccc(F)cc1. The van der Waals surface area contributed by atoms with Gasteiger partial charge in [0, 0.05) is 5.56 Å². The molecule has 0 aliphatic heterocycles. The molecule has 0 aliphatic rings. The van der Waals surface area contributed by atoms with E-state index in [0.717, 1.165) is 6.20 Å². The van der Waals surface area contributed by atoms with Gasteiger partial charge >= 0.3 is 0 Å². The maximum Gasteiger partial charge on any atom is 0.288 e. The molecule has 1 heterocycles. The van der Waals surface area contributed by atoms with Crippen molar-refractivity contribution in [1.82, 2.24) is 10.2 Å². The van der Waals surface area contributed by atoms with Crippen molar-refractivity contribution in [3.8, 4) is 11.3 Å². The molecule has 0 amide bonds. The number of alkyl halides is 2. The van der Waals surface area contributed by atoms with Gasteiger partial charge in [-0.3, -0.25) is 5.10 Å². The molecule has 0 unspecified atom stereocenters. The number of H-pyrrole nitrogens is 1. The van der Waals surface area contributed by atoms with Crippen LogP contribution in [0, 0.1) is 5.82 Å². The van der Waals surface area contributed by atoms with E-state index >= 15 is 0 Å². The number of halogens is 3. The molecule has 2 aromatic rings. The summed E-state index contributed by atoms with van der Waals surface area (Å²) in [5.74, 6) is -3.59. The third-order valence-corrected chi connectivity index (χ3v) is 2.42. The van der Waals surface area contributed by atoms with Crippen molar-refractivity contribution in [1.29, 1.82) is 0 Å². The summed E-state index contributed by atoms with van der Waals surface area (Å²) in [5, 5.41) is 6.05. The van der Waals surface area contributed by atoms with E-state index in [1.165, 1.54) is 24.3 Å². The Morgan fingerprint density at radius 2 is 1.88 bits per heavy atom. The van der Waals surface area contributed by atoms with Crippen LogP contribution in [0.15, 0.2) is 30.5 Å². The number of nitrogens with two attached hydrogens (primary N) is 1. The topological polar surface area (TPSA) is 54.7 Å². The first-order valence-corrected chi connectivity index (χ1v) is 4.92. The minimum Gasteiger partial charge on any atom is -0.325 e. The summed E-state index contributed by atoms with van der Waals surface area (Å²) in [6.45, 7) is -0.805. The molecule has 0 aliphatic carbocycles. The largest absolute Gasteiger partial charge is 0.325 e. The zero-order valence-corrected chi connectivity index (χ0v) is 8.75. The first-order valence-electron chi connectivity index (χ1n) is 4.92. The van der Waals surface area contributed by atoms with Gasteiger partial charge in [0.05, 0.1) is 24.0 Å². The van der Waals surface area contributed by atoms with Crippen LogP contribution in [-0.4, -0.2) is 16.7 Å². The molecule has 3 N–H and O–H groups in total. The summed E-state index contributed by atoms with van der Waals surface area (Å²) < 4.78 is 39.7. The average molecular weight is 241 g/mol. The van der Waals surface area contributed by atoms with Crippen molar-refractivity contribution in [2.75, 3.05) is 6.54 Å². The zero-order chi connectivity index (χ0) is 12.5. The number of aromatic amines is 1. The van der Waals surface area contributed by atoms with Crippen LogP contribution in [0.3, 0.4) is 0 Å².